The van der Waals surface area contributed by atoms with Crippen LogP contribution < -0.4 is 20.1 Å². The van der Waals surface area contributed by atoms with Crippen LogP contribution in [0.1, 0.15) is 6.42 Å². The van der Waals surface area contributed by atoms with Gasteiger partial charge in [0.05, 0.1) is 24.8 Å². The highest BCUT2D eigenvalue weighted by molar-refractivity contribution is 5.64. The largest absolute Gasteiger partial charge is 0.483 e. The van der Waals surface area contributed by atoms with Crippen molar-refractivity contribution in [2.24, 2.45) is 12.0 Å². The van der Waals surface area contributed by atoms with E-state index in [2.05, 4.69) is 30.7 Å². The maximum Gasteiger partial charge on any atom is 0.316 e. The normalized spacial score (nSPS) is 20.1. The van der Waals surface area contributed by atoms with Crippen LogP contribution in [0.25, 0.3) is 0 Å². The van der Waals surface area contributed by atoms with Gasteiger partial charge in [-0.15, -0.1) is 0 Å². The van der Waals surface area contributed by atoms with Gasteiger partial charge in [-0.25, -0.2) is 0 Å². The van der Waals surface area contributed by atoms with Gasteiger partial charge in [0.1, 0.15) is 18.5 Å². The molecule has 2 N–H and O–H groups in total. The van der Waals surface area contributed by atoms with E-state index < -0.39 is 0 Å². The number of aryl methyl sites for hydroxylation is 1. The number of nitrogens with zero attached hydrogens (tertiary/aromatic N) is 6. The molecule has 0 radical (unpaired) electrons. The lowest BCUT2D eigenvalue weighted by atomic mass is 9.93. The Balaban J connectivity index is 1.40. The Morgan fingerprint density at radius 1 is 1.27 bits per heavy atom. The van der Waals surface area contributed by atoms with Gasteiger partial charge in [0.25, 0.3) is 0 Å². The Morgan fingerprint density at radius 3 is 2.83 bits per heavy atom. The van der Waals surface area contributed by atoms with Gasteiger partial charge in [-0.2, -0.15) is 15.1 Å². The standard InChI is InChI=1S/C20H26N8O2/c1-27(2)8-9-29-20-21-11-15(12-22-20)30-14-4-5-17-16(10-14)19(24-13-23-17)25-18-6-7-28(3)26-18/h4-7,11-14,17H,8-10H2,1-3H3,(H,23,24)(H,25,26). The second-order valence-corrected chi connectivity index (χ2v) is 7.37. The molecule has 10 nitrogen and oxygen atoms in total. The van der Waals surface area contributed by atoms with Gasteiger partial charge in [-0.3, -0.25) is 9.67 Å². The number of nitrogens with one attached hydrogen (secondary N) is 2. The lowest BCUT2D eigenvalue weighted by molar-refractivity contribution is 0.231. The lowest BCUT2D eigenvalue weighted by Crippen LogP contribution is -2.33. The smallest absolute Gasteiger partial charge is 0.316 e. The molecule has 2 aromatic rings. The molecule has 1 aliphatic carbocycles. The van der Waals surface area contributed by atoms with Crippen LogP contribution in [0.2, 0.25) is 0 Å². The third-order valence-corrected chi connectivity index (χ3v) is 4.68. The van der Waals surface area contributed by atoms with Crippen molar-refractivity contribution in [2.75, 3.05) is 32.6 Å². The van der Waals surface area contributed by atoms with Crippen molar-refractivity contribution in [1.82, 2.24) is 30.0 Å². The highest BCUT2D eigenvalue weighted by Crippen LogP contribution is 2.28. The molecule has 0 bridgehead atoms. The number of ether oxygens (including phenoxy) is 2. The van der Waals surface area contributed by atoms with Crippen LogP contribution in [0.5, 0.6) is 11.8 Å². The summed E-state index contributed by atoms with van der Waals surface area (Å²) in [5, 5.41) is 10.9. The van der Waals surface area contributed by atoms with Crippen molar-refractivity contribution >= 4 is 12.2 Å². The van der Waals surface area contributed by atoms with Crippen molar-refractivity contribution in [3.63, 3.8) is 0 Å². The third kappa shape index (κ3) is 4.95. The fourth-order valence-corrected chi connectivity index (χ4v) is 3.16. The first kappa shape index (κ1) is 19.9. The van der Waals surface area contributed by atoms with Crippen LogP contribution in [0, 0.1) is 0 Å². The molecule has 3 heterocycles. The summed E-state index contributed by atoms with van der Waals surface area (Å²) in [6.45, 7) is 1.34. The summed E-state index contributed by atoms with van der Waals surface area (Å²) < 4.78 is 13.3. The zero-order valence-corrected chi connectivity index (χ0v) is 17.3. The molecule has 2 unspecified atom stereocenters. The number of hydrogen-bond donors (Lipinski definition) is 2. The molecule has 158 valence electrons. The minimum absolute atomic E-state index is 0.0129. The minimum Gasteiger partial charge on any atom is -0.483 e. The van der Waals surface area contributed by atoms with Crippen molar-refractivity contribution in [2.45, 2.75) is 18.6 Å². The van der Waals surface area contributed by atoms with Crippen molar-refractivity contribution in [3.8, 4) is 11.8 Å². The number of fused-ring (bicyclic) bond motifs is 1. The van der Waals surface area contributed by atoms with Crippen LogP contribution in [-0.2, 0) is 7.05 Å². The van der Waals surface area contributed by atoms with Gasteiger partial charge in [-0.1, -0.05) is 6.08 Å². The molecular formula is C20H26N8O2. The van der Waals surface area contributed by atoms with Crippen molar-refractivity contribution in [1.29, 1.82) is 0 Å². The minimum atomic E-state index is -0.143. The fourth-order valence-electron chi connectivity index (χ4n) is 3.16. The zero-order valence-electron chi connectivity index (χ0n) is 17.3. The zero-order chi connectivity index (χ0) is 20.9. The molecule has 0 spiro atoms. The van der Waals surface area contributed by atoms with Crippen LogP contribution in [0.4, 0.5) is 5.82 Å². The van der Waals surface area contributed by atoms with E-state index in [0.717, 1.165) is 23.8 Å². The topological polar surface area (TPSA) is 102 Å². The molecule has 30 heavy (non-hydrogen) atoms. The molecule has 0 saturated carbocycles. The first-order chi connectivity index (χ1) is 14.6. The monoisotopic (exact) mass is 410 g/mol. The van der Waals surface area contributed by atoms with E-state index in [4.69, 9.17) is 9.47 Å². The summed E-state index contributed by atoms with van der Waals surface area (Å²) in [7, 11) is 5.86. The SMILES string of the molecule is CN(C)CCOc1ncc(OC2C=CC3N=CNC(Nc4ccn(C)n4)=C3C2)cn1. The predicted octanol–water partition coefficient (Wildman–Crippen LogP) is 1.18. The summed E-state index contributed by atoms with van der Waals surface area (Å²) in [4.78, 5) is 15.0. The van der Waals surface area contributed by atoms with E-state index in [-0.39, 0.29) is 12.1 Å². The van der Waals surface area contributed by atoms with Crippen molar-refractivity contribution in [3.05, 3.63) is 48.2 Å². The molecule has 0 fully saturated rings. The number of rotatable bonds is 8. The molecule has 2 aromatic heterocycles. The van der Waals surface area contributed by atoms with Gasteiger partial charge in [0, 0.05) is 37.8 Å². The molecule has 2 atom stereocenters. The number of anilines is 1. The van der Waals surface area contributed by atoms with Crippen LogP contribution in [0.3, 0.4) is 0 Å². The van der Waals surface area contributed by atoms with Gasteiger partial charge in [0.2, 0.25) is 0 Å². The lowest BCUT2D eigenvalue weighted by Gasteiger charge is -2.29. The van der Waals surface area contributed by atoms with E-state index in [1.165, 1.54) is 0 Å². The summed E-state index contributed by atoms with van der Waals surface area (Å²) >= 11 is 0. The average molecular weight is 410 g/mol. The average Bonchev–Trinajstić information content (AvgIpc) is 3.14. The first-order valence-corrected chi connectivity index (χ1v) is 9.79. The maximum atomic E-state index is 6.07. The Kier molecular flexibility index (Phi) is 5.94. The Bertz CT molecular complexity index is 948. The van der Waals surface area contributed by atoms with Gasteiger partial charge < -0.3 is 25.0 Å². The first-order valence-electron chi connectivity index (χ1n) is 9.79. The van der Waals surface area contributed by atoms with E-state index in [9.17, 15) is 0 Å². The molecular weight excluding hydrogens is 384 g/mol. The summed E-state index contributed by atoms with van der Waals surface area (Å²) in [6, 6.07) is 2.25. The molecule has 4 rings (SSSR count). The number of aliphatic imine (C=N–C) groups is 1. The maximum absolute atomic E-state index is 6.07. The third-order valence-electron chi connectivity index (χ3n) is 4.68. The van der Waals surface area contributed by atoms with E-state index >= 15 is 0 Å². The quantitative estimate of drug-likeness (QED) is 0.626. The van der Waals surface area contributed by atoms with Crippen LogP contribution >= 0.6 is 0 Å². The fraction of sp³-hybridized carbons (Fsp3) is 0.400. The highest BCUT2D eigenvalue weighted by atomic mass is 16.5. The molecule has 10 heteroatoms. The summed E-state index contributed by atoms with van der Waals surface area (Å²) in [5.41, 5.74) is 1.11. The molecule has 0 amide bonds. The Hall–Kier alpha value is -3.40. The summed E-state index contributed by atoms with van der Waals surface area (Å²) in [6.07, 6.45) is 11.5. The number of aromatic nitrogens is 4. The summed E-state index contributed by atoms with van der Waals surface area (Å²) in [5.74, 6) is 2.24. The predicted molar refractivity (Wildman–Crippen MR) is 114 cm³/mol. The Morgan fingerprint density at radius 2 is 2.10 bits per heavy atom. The molecule has 0 saturated heterocycles. The van der Waals surface area contributed by atoms with Crippen molar-refractivity contribution < 1.29 is 9.47 Å². The van der Waals surface area contributed by atoms with E-state index in [0.29, 0.717) is 24.8 Å². The van der Waals surface area contributed by atoms with Gasteiger partial charge in [-0.05, 0) is 20.2 Å². The molecule has 1 aliphatic heterocycles. The van der Waals surface area contributed by atoms with E-state index in [1.807, 2.05) is 50.5 Å². The van der Waals surface area contributed by atoms with Crippen LogP contribution in [-0.4, -0.2) is 70.4 Å². The Labute approximate surface area is 175 Å². The van der Waals surface area contributed by atoms with Crippen LogP contribution in [0.15, 0.2) is 53.2 Å². The number of hydrogen-bond acceptors (Lipinski definition) is 9. The van der Waals surface area contributed by atoms with Gasteiger partial charge >= 0.3 is 6.01 Å². The number of likely N-dealkylation sites (N-methyl/N-ethyl adjacent to an activating group) is 1. The molecule has 0 aromatic carbocycles. The van der Waals surface area contributed by atoms with Gasteiger partial charge in [0.15, 0.2) is 11.6 Å². The molecule has 2 aliphatic rings. The second-order valence-electron chi connectivity index (χ2n) is 7.37. The highest BCUT2D eigenvalue weighted by Gasteiger charge is 2.27. The van der Waals surface area contributed by atoms with E-state index in [1.54, 1.807) is 23.4 Å². The second kappa shape index (κ2) is 8.95.